The molecule has 9 heteroatoms. The summed E-state index contributed by atoms with van der Waals surface area (Å²) < 4.78 is 37.2. The van der Waals surface area contributed by atoms with Crippen LogP contribution < -0.4 is 14.8 Å². The van der Waals surface area contributed by atoms with Crippen molar-refractivity contribution < 1.29 is 22.7 Å². The van der Waals surface area contributed by atoms with Crippen LogP contribution in [0.1, 0.15) is 11.1 Å². The van der Waals surface area contributed by atoms with Crippen molar-refractivity contribution in [2.45, 2.75) is 12.3 Å². The van der Waals surface area contributed by atoms with E-state index in [9.17, 15) is 13.2 Å². The number of nitrogens with zero attached hydrogens (tertiary/aromatic N) is 2. The fraction of sp³-hybridized carbons (Fsp3) is 0.381. The van der Waals surface area contributed by atoms with Crippen molar-refractivity contribution in [2.24, 2.45) is 0 Å². The SMILES string of the molecule is COc1ccc(CNC(=O)N2CCN(S(=O)(=O)Cc3ccccc3)CC2)cc1OC. The van der Waals surface area contributed by atoms with Gasteiger partial charge in [0.25, 0.3) is 0 Å². The Kier molecular flexibility index (Phi) is 7.17. The Hall–Kier alpha value is -2.78. The highest BCUT2D eigenvalue weighted by Gasteiger charge is 2.28. The average molecular weight is 434 g/mol. The first-order valence-electron chi connectivity index (χ1n) is 9.68. The summed E-state index contributed by atoms with van der Waals surface area (Å²) in [4.78, 5) is 14.1. The Morgan fingerprint density at radius 3 is 2.23 bits per heavy atom. The van der Waals surface area contributed by atoms with Crippen LogP contribution in [0.4, 0.5) is 4.79 Å². The standard InChI is InChI=1S/C21H27N3O5S/c1-28-19-9-8-18(14-20(19)29-2)15-22-21(25)23-10-12-24(13-11-23)30(26,27)16-17-6-4-3-5-7-17/h3-9,14H,10-13,15-16H2,1-2H3,(H,22,25). The number of urea groups is 1. The van der Waals surface area contributed by atoms with Gasteiger partial charge in [0.2, 0.25) is 10.0 Å². The molecule has 3 rings (SSSR count). The first-order valence-corrected chi connectivity index (χ1v) is 11.3. The van der Waals surface area contributed by atoms with Gasteiger partial charge in [-0.3, -0.25) is 0 Å². The zero-order valence-electron chi connectivity index (χ0n) is 17.2. The van der Waals surface area contributed by atoms with E-state index in [1.807, 2.05) is 30.3 Å². The highest BCUT2D eigenvalue weighted by Crippen LogP contribution is 2.27. The molecule has 0 aliphatic carbocycles. The van der Waals surface area contributed by atoms with Gasteiger partial charge in [-0.15, -0.1) is 0 Å². The summed E-state index contributed by atoms with van der Waals surface area (Å²) in [6.07, 6.45) is 0. The highest BCUT2D eigenvalue weighted by molar-refractivity contribution is 7.88. The molecule has 2 aromatic rings. The van der Waals surface area contributed by atoms with Gasteiger partial charge in [-0.2, -0.15) is 4.31 Å². The molecule has 0 aromatic heterocycles. The minimum atomic E-state index is -3.41. The van der Waals surface area contributed by atoms with Gasteiger partial charge >= 0.3 is 6.03 Å². The quantitative estimate of drug-likeness (QED) is 0.722. The summed E-state index contributed by atoms with van der Waals surface area (Å²) in [5.74, 6) is 1.20. The third-order valence-corrected chi connectivity index (χ3v) is 6.85. The van der Waals surface area contributed by atoms with E-state index in [4.69, 9.17) is 9.47 Å². The van der Waals surface area contributed by atoms with Gasteiger partial charge in [0.05, 0.1) is 20.0 Å². The van der Waals surface area contributed by atoms with Gasteiger partial charge in [0.15, 0.2) is 11.5 Å². The van der Waals surface area contributed by atoms with Crippen LogP contribution in [0, 0.1) is 0 Å². The van der Waals surface area contributed by atoms with Crippen molar-refractivity contribution in [3.63, 3.8) is 0 Å². The largest absolute Gasteiger partial charge is 0.493 e. The average Bonchev–Trinajstić information content (AvgIpc) is 2.77. The fourth-order valence-corrected chi connectivity index (χ4v) is 4.84. The molecule has 0 radical (unpaired) electrons. The molecular weight excluding hydrogens is 406 g/mol. The van der Waals surface area contributed by atoms with Crippen molar-refractivity contribution in [1.82, 2.24) is 14.5 Å². The highest BCUT2D eigenvalue weighted by atomic mass is 32.2. The van der Waals surface area contributed by atoms with Crippen LogP contribution in [-0.2, 0) is 22.3 Å². The summed E-state index contributed by atoms with van der Waals surface area (Å²) >= 11 is 0. The molecule has 1 fully saturated rings. The summed E-state index contributed by atoms with van der Waals surface area (Å²) in [6.45, 7) is 1.63. The number of methoxy groups -OCH3 is 2. The Labute approximate surface area is 177 Å². The monoisotopic (exact) mass is 433 g/mol. The second-order valence-corrected chi connectivity index (χ2v) is 8.94. The number of nitrogens with one attached hydrogen (secondary N) is 1. The van der Waals surface area contributed by atoms with Crippen LogP contribution in [0.25, 0.3) is 0 Å². The Balaban J connectivity index is 1.50. The van der Waals surface area contributed by atoms with Crippen molar-refractivity contribution in [2.75, 3.05) is 40.4 Å². The van der Waals surface area contributed by atoms with E-state index in [0.717, 1.165) is 11.1 Å². The van der Waals surface area contributed by atoms with Gasteiger partial charge in [0, 0.05) is 32.7 Å². The van der Waals surface area contributed by atoms with E-state index in [2.05, 4.69) is 5.32 Å². The summed E-state index contributed by atoms with van der Waals surface area (Å²) in [6, 6.07) is 14.3. The first-order chi connectivity index (χ1) is 14.4. The maximum Gasteiger partial charge on any atom is 0.317 e. The van der Waals surface area contributed by atoms with Gasteiger partial charge in [-0.25, -0.2) is 13.2 Å². The van der Waals surface area contributed by atoms with E-state index in [0.29, 0.717) is 44.2 Å². The number of carbonyl (C=O) groups is 1. The molecule has 1 N–H and O–H groups in total. The molecule has 0 bridgehead atoms. The van der Waals surface area contributed by atoms with E-state index in [1.54, 1.807) is 37.3 Å². The van der Waals surface area contributed by atoms with E-state index in [-0.39, 0.29) is 11.8 Å². The van der Waals surface area contributed by atoms with Crippen LogP contribution in [0.2, 0.25) is 0 Å². The van der Waals surface area contributed by atoms with Crippen LogP contribution in [0.3, 0.4) is 0 Å². The zero-order valence-corrected chi connectivity index (χ0v) is 18.0. The van der Waals surface area contributed by atoms with Crippen LogP contribution in [0.5, 0.6) is 11.5 Å². The normalized spacial score (nSPS) is 14.9. The maximum atomic E-state index is 12.6. The molecule has 2 amide bonds. The summed E-state index contributed by atoms with van der Waals surface area (Å²) in [7, 11) is -0.276. The molecule has 1 aliphatic heterocycles. The second-order valence-electron chi connectivity index (χ2n) is 6.98. The van der Waals surface area contributed by atoms with Crippen LogP contribution in [-0.4, -0.2) is 64.1 Å². The second kappa shape index (κ2) is 9.82. The number of hydrogen-bond acceptors (Lipinski definition) is 5. The minimum Gasteiger partial charge on any atom is -0.493 e. The molecule has 1 heterocycles. The first kappa shape index (κ1) is 21.9. The van der Waals surface area contributed by atoms with Gasteiger partial charge in [-0.1, -0.05) is 36.4 Å². The number of sulfonamides is 1. The number of amides is 2. The van der Waals surface area contributed by atoms with Gasteiger partial charge in [0.1, 0.15) is 0 Å². The predicted molar refractivity (Wildman–Crippen MR) is 114 cm³/mol. The van der Waals surface area contributed by atoms with Crippen LogP contribution in [0.15, 0.2) is 48.5 Å². The minimum absolute atomic E-state index is 0.0284. The number of hydrogen-bond donors (Lipinski definition) is 1. The Bertz CT molecular complexity index is 958. The van der Waals surface area contributed by atoms with Crippen molar-refractivity contribution in [3.8, 4) is 11.5 Å². The van der Waals surface area contributed by atoms with Crippen molar-refractivity contribution in [3.05, 3.63) is 59.7 Å². The van der Waals surface area contributed by atoms with Crippen LogP contribution >= 0.6 is 0 Å². The molecule has 1 aliphatic rings. The number of rotatable bonds is 7. The molecule has 0 unspecified atom stereocenters. The molecule has 2 aromatic carbocycles. The van der Waals surface area contributed by atoms with E-state index in [1.165, 1.54) is 4.31 Å². The van der Waals surface area contributed by atoms with Crippen molar-refractivity contribution >= 4 is 16.1 Å². The van der Waals surface area contributed by atoms with E-state index < -0.39 is 10.0 Å². The number of carbonyl (C=O) groups excluding carboxylic acids is 1. The molecule has 30 heavy (non-hydrogen) atoms. The summed E-state index contributed by atoms with van der Waals surface area (Å²) in [5, 5.41) is 2.87. The lowest BCUT2D eigenvalue weighted by atomic mass is 10.2. The third kappa shape index (κ3) is 5.43. The maximum absolute atomic E-state index is 12.6. The topological polar surface area (TPSA) is 88.2 Å². The fourth-order valence-electron chi connectivity index (χ4n) is 3.33. The molecular formula is C21H27N3O5S. The molecule has 0 spiro atoms. The molecule has 8 nitrogen and oxygen atoms in total. The molecule has 1 saturated heterocycles. The van der Waals surface area contributed by atoms with E-state index >= 15 is 0 Å². The lowest BCUT2D eigenvalue weighted by Gasteiger charge is -2.34. The van der Waals surface area contributed by atoms with Gasteiger partial charge in [-0.05, 0) is 23.3 Å². The molecule has 0 atom stereocenters. The lowest BCUT2D eigenvalue weighted by molar-refractivity contribution is 0.172. The number of ether oxygens (including phenoxy) is 2. The lowest BCUT2D eigenvalue weighted by Crippen LogP contribution is -2.53. The number of benzene rings is 2. The predicted octanol–water partition coefficient (Wildman–Crippen LogP) is 2.06. The molecule has 162 valence electrons. The smallest absolute Gasteiger partial charge is 0.317 e. The Morgan fingerprint density at radius 1 is 0.933 bits per heavy atom. The summed E-state index contributed by atoms with van der Waals surface area (Å²) in [5.41, 5.74) is 1.64. The Morgan fingerprint density at radius 2 is 1.60 bits per heavy atom. The third-order valence-electron chi connectivity index (χ3n) is 5.00. The van der Waals surface area contributed by atoms with Gasteiger partial charge < -0.3 is 19.7 Å². The molecule has 0 saturated carbocycles. The number of piperazine rings is 1. The van der Waals surface area contributed by atoms with Crippen molar-refractivity contribution in [1.29, 1.82) is 0 Å². The zero-order chi connectivity index (χ0) is 21.6.